The van der Waals surface area contributed by atoms with E-state index in [-0.39, 0.29) is 5.78 Å². The van der Waals surface area contributed by atoms with Crippen molar-refractivity contribution in [1.82, 2.24) is 9.13 Å². The van der Waals surface area contributed by atoms with Crippen LogP contribution in [0.3, 0.4) is 0 Å². The standard InChI is InChI=1S/C22H16IN3O3/c1-25-20-17(21(28)26(2)22(25)29)15(11-7-9-12(23)10-8-11)16-18(24-20)13-5-3-4-6-14(13)19(16)27/h3-10,15-16H,1-2H3. The number of fused-ring (bicyclic) bond motifs is 4. The molecule has 0 fully saturated rings. The number of halogens is 1. The van der Waals surface area contributed by atoms with Crippen LogP contribution < -0.4 is 11.2 Å². The molecule has 29 heavy (non-hydrogen) atoms. The fourth-order valence-corrected chi connectivity index (χ4v) is 4.76. The normalized spacial score (nSPS) is 19.4. The van der Waals surface area contributed by atoms with E-state index in [1.807, 2.05) is 42.5 Å². The molecule has 0 saturated carbocycles. The second-order valence-electron chi connectivity index (χ2n) is 7.36. The SMILES string of the molecule is Cn1c2c(c(=O)n(C)c1=O)C(c1ccc(I)cc1)C1C(=O)c3ccccc3C1=N2. The van der Waals surface area contributed by atoms with Crippen molar-refractivity contribution in [3.63, 3.8) is 0 Å². The van der Waals surface area contributed by atoms with E-state index in [0.717, 1.165) is 19.3 Å². The Balaban J connectivity index is 1.90. The molecule has 2 unspecified atom stereocenters. The summed E-state index contributed by atoms with van der Waals surface area (Å²) in [5.74, 6) is -0.785. The van der Waals surface area contributed by atoms with Crippen molar-refractivity contribution in [3.05, 3.63) is 95.2 Å². The topological polar surface area (TPSA) is 73.4 Å². The summed E-state index contributed by atoms with van der Waals surface area (Å²) in [5.41, 5.74) is 2.43. The molecule has 2 aromatic carbocycles. The highest BCUT2D eigenvalue weighted by Crippen LogP contribution is 2.46. The first-order valence-corrected chi connectivity index (χ1v) is 10.3. The van der Waals surface area contributed by atoms with Gasteiger partial charge in [0.05, 0.1) is 17.2 Å². The van der Waals surface area contributed by atoms with Crippen LogP contribution in [0.4, 0.5) is 5.82 Å². The number of hydrogen-bond acceptors (Lipinski definition) is 4. The van der Waals surface area contributed by atoms with Crippen LogP contribution in [0, 0.1) is 9.49 Å². The zero-order valence-corrected chi connectivity index (χ0v) is 17.9. The quantitative estimate of drug-likeness (QED) is 0.486. The van der Waals surface area contributed by atoms with E-state index < -0.39 is 23.1 Å². The minimum absolute atomic E-state index is 0.0375. The molecular weight excluding hydrogens is 481 g/mol. The van der Waals surface area contributed by atoms with Crippen LogP contribution in [0.5, 0.6) is 0 Å². The van der Waals surface area contributed by atoms with Gasteiger partial charge in [0.15, 0.2) is 5.78 Å². The molecule has 1 aliphatic heterocycles. The lowest BCUT2D eigenvalue weighted by atomic mass is 9.76. The summed E-state index contributed by atoms with van der Waals surface area (Å²) in [5, 5.41) is 0. The van der Waals surface area contributed by atoms with Crippen LogP contribution >= 0.6 is 22.6 Å². The number of carbonyl (C=O) groups is 1. The van der Waals surface area contributed by atoms with Crippen LogP contribution in [0.15, 0.2) is 63.1 Å². The fraction of sp³-hybridized carbons (Fsp3) is 0.182. The maximum atomic E-state index is 13.4. The number of carbonyl (C=O) groups excluding carboxylic acids is 1. The molecule has 7 heteroatoms. The van der Waals surface area contributed by atoms with Crippen molar-refractivity contribution in [1.29, 1.82) is 0 Å². The van der Waals surface area contributed by atoms with Gasteiger partial charge in [-0.25, -0.2) is 9.79 Å². The van der Waals surface area contributed by atoms with E-state index >= 15 is 0 Å². The maximum absolute atomic E-state index is 13.4. The van der Waals surface area contributed by atoms with Gasteiger partial charge in [-0.2, -0.15) is 0 Å². The Labute approximate surface area is 179 Å². The van der Waals surface area contributed by atoms with Crippen molar-refractivity contribution in [2.24, 2.45) is 25.0 Å². The van der Waals surface area contributed by atoms with E-state index in [9.17, 15) is 14.4 Å². The van der Waals surface area contributed by atoms with Gasteiger partial charge >= 0.3 is 5.69 Å². The van der Waals surface area contributed by atoms with Crippen molar-refractivity contribution in [2.75, 3.05) is 0 Å². The highest BCUT2D eigenvalue weighted by Gasteiger charge is 2.47. The Morgan fingerprint density at radius 1 is 0.862 bits per heavy atom. The second kappa shape index (κ2) is 6.35. The number of Topliss-reactive ketones (excluding diaryl/α,β-unsaturated/α-hetero) is 1. The Kier molecular flexibility index (Phi) is 3.99. The molecular formula is C22H16IN3O3. The van der Waals surface area contributed by atoms with Gasteiger partial charge in [0, 0.05) is 34.7 Å². The zero-order chi connectivity index (χ0) is 20.4. The predicted octanol–water partition coefficient (Wildman–Crippen LogP) is 2.77. The summed E-state index contributed by atoms with van der Waals surface area (Å²) in [7, 11) is 3.07. The monoisotopic (exact) mass is 497 g/mol. The Morgan fingerprint density at radius 3 is 2.21 bits per heavy atom. The number of ketones is 1. The number of benzene rings is 2. The minimum atomic E-state index is -0.579. The molecule has 6 nitrogen and oxygen atoms in total. The molecule has 1 aliphatic carbocycles. The minimum Gasteiger partial charge on any atom is -0.293 e. The maximum Gasteiger partial charge on any atom is 0.332 e. The van der Waals surface area contributed by atoms with Crippen molar-refractivity contribution in [3.8, 4) is 0 Å². The van der Waals surface area contributed by atoms with E-state index in [4.69, 9.17) is 4.99 Å². The van der Waals surface area contributed by atoms with Crippen LogP contribution in [0.2, 0.25) is 0 Å². The Bertz CT molecular complexity index is 1350. The van der Waals surface area contributed by atoms with Gasteiger partial charge in [0.25, 0.3) is 5.56 Å². The highest BCUT2D eigenvalue weighted by molar-refractivity contribution is 14.1. The number of aromatic nitrogens is 2. The zero-order valence-electron chi connectivity index (χ0n) is 15.7. The Hall–Kier alpha value is -2.81. The lowest BCUT2D eigenvalue weighted by Gasteiger charge is -2.29. The van der Waals surface area contributed by atoms with Crippen molar-refractivity contribution < 1.29 is 4.79 Å². The lowest BCUT2D eigenvalue weighted by molar-refractivity contribution is 0.0953. The average Bonchev–Trinajstić information content (AvgIpc) is 3.02. The van der Waals surface area contributed by atoms with Gasteiger partial charge in [-0.05, 0) is 40.3 Å². The number of aliphatic imine (C=N–C) groups is 1. The molecule has 1 aromatic heterocycles. The molecule has 2 aliphatic rings. The van der Waals surface area contributed by atoms with Gasteiger partial charge in [-0.15, -0.1) is 0 Å². The van der Waals surface area contributed by atoms with Gasteiger partial charge in [0.2, 0.25) is 0 Å². The van der Waals surface area contributed by atoms with E-state index in [2.05, 4.69) is 22.6 Å². The summed E-state index contributed by atoms with van der Waals surface area (Å²) in [6.07, 6.45) is 0. The molecule has 0 radical (unpaired) electrons. The molecule has 2 atom stereocenters. The first kappa shape index (κ1) is 18.2. The summed E-state index contributed by atoms with van der Waals surface area (Å²) < 4.78 is 3.54. The van der Waals surface area contributed by atoms with Crippen molar-refractivity contribution in [2.45, 2.75) is 5.92 Å². The third-order valence-electron chi connectivity index (χ3n) is 5.81. The van der Waals surface area contributed by atoms with Gasteiger partial charge in [-0.1, -0.05) is 36.4 Å². The fourth-order valence-electron chi connectivity index (χ4n) is 4.40. The Morgan fingerprint density at radius 2 is 1.52 bits per heavy atom. The van der Waals surface area contributed by atoms with Crippen LogP contribution in [0.25, 0.3) is 0 Å². The number of hydrogen-bond donors (Lipinski definition) is 0. The van der Waals surface area contributed by atoms with Gasteiger partial charge < -0.3 is 0 Å². The molecule has 144 valence electrons. The molecule has 3 aromatic rings. The molecule has 0 spiro atoms. The van der Waals surface area contributed by atoms with E-state index in [1.165, 1.54) is 11.6 Å². The third kappa shape index (κ3) is 2.46. The van der Waals surface area contributed by atoms with Crippen LogP contribution in [-0.4, -0.2) is 20.6 Å². The summed E-state index contributed by atoms with van der Waals surface area (Å²) in [4.78, 5) is 43.8. The van der Waals surface area contributed by atoms with E-state index in [0.29, 0.717) is 22.7 Å². The molecule has 0 saturated heterocycles. The van der Waals surface area contributed by atoms with Crippen LogP contribution in [-0.2, 0) is 14.1 Å². The average molecular weight is 497 g/mol. The van der Waals surface area contributed by atoms with Crippen molar-refractivity contribution >= 4 is 39.9 Å². The largest absolute Gasteiger partial charge is 0.332 e. The molecule has 0 bridgehead atoms. The molecule has 2 heterocycles. The first-order chi connectivity index (χ1) is 13.9. The predicted molar refractivity (Wildman–Crippen MR) is 118 cm³/mol. The van der Waals surface area contributed by atoms with Gasteiger partial charge in [-0.3, -0.25) is 18.7 Å². The van der Waals surface area contributed by atoms with E-state index in [1.54, 1.807) is 13.1 Å². The van der Waals surface area contributed by atoms with Crippen LogP contribution in [0.1, 0.15) is 33.0 Å². The summed E-state index contributed by atoms with van der Waals surface area (Å²) in [6.45, 7) is 0. The highest BCUT2D eigenvalue weighted by atomic mass is 127. The number of nitrogens with zero attached hydrogens (tertiary/aromatic N) is 3. The molecule has 0 N–H and O–H groups in total. The summed E-state index contributed by atoms with van der Waals surface area (Å²) in [6, 6.07) is 15.2. The smallest absolute Gasteiger partial charge is 0.293 e. The molecule has 0 amide bonds. The molecule has 5 rings (SSSR count). The number of rotatable bonds is 1. The first-order valence-electron chi connectivity index (χ1n) is 9.17. The second-order valence-corrected chi connectivity index (χ2v) is 8.60. The lowest BCUT2D eigenvalue weighted by Crippen LogP contribution is -2.43. The third-order valence-corrected chi connectivity index (χ3v) is 6.53. The van der Waals surface area contributed by atoms with Gasteiger partial charge in [0.1, 0.15) is 5.82 Å². The summed E-state index contributed by atoms with van der Waals surface area (Å²) >= 11 is 2.22.